The maximum absolute atomic E-state index is 6.97. The van der Waals surface area contributed by atoms with E-state index in [0.717, 1.165) is 45.0 Å². The van der Waals surface area contributed by atoms with Crippen LogP contribution in [0.4, 0.5) is 0 Å². The number of fused-ring (bicyclic) bond motifs is 6. The minimum atomic E-state index is -0.530. The third-order valence-electron chi connectivity index (χ3n) is 10.0. The van der Waals surface area contributed by atoms with Crippen LogP contribution >= 0.6 is 0 Å². The molecule has 1 aliphatic heterocycles. The molecular weight excluding hydrogens is 625 g/mol. The lowest BCUT2D eigenvalue weighted by Crippen LogP contribution is -2.28. The molecule has 2 heterocycles. The molecule has 7 aromatic carbocycles. The van der Waals surface area contributed by atoms with Crippen LogP contribution in [0.25, 0.3) is 45.0 Å². The van der Waals surface area contributed by atoms with Gasteiger partial charge in [-0.25, -0.2) is 9.97 Å². The maximum atomic E-state index is 6.97. The van der Waals surface area contributed by atoms with E-state index in [2.05, 4.69) is 109 Å². The topological polar surface area (TPSA) is 44.2 Å². The Balaban J connectivity index is 1.15. The number of rotatable bonds is 5. The second kappa shape index (κ2) is 11.7. The second-order valence-electron chi connectivity index (χ2n) is 12.9. The molecule has 8 aromatic rings. The minimum absolute atomic E-state index is 0.530. The molecule has 51 heavy (non-hydrogen) atoms. The summed E-state index contributed by atoms with van der Waals surface area (Å²) in [5, 5.41) is 0. The number of aromatic nitrogens is 2. The Labute approximate surface area is 296 Å². The molecule has 10 rings (SSSR count). The summed E-state index contributed by atoms with van der Waals surface area (Å²) in [6, 6.07) is 62.9. The quantitative estimate of drug-likeness (QED) is 0.185. The Bertz CT molecular complexity index is 2470. The zero-order chi connectivity index (χ0) is 33.8. The molecule has 0 amide bonds. The van der Waals surface area contributed by atoms with Crippen LogP contribution in [0.3, 0.4) is 0 Å². The lowest BCUT2D eigenvalue weighted by atomic mass is 9.68. The van der Waals surface area contributed by atoms with Gasteiger partial charge in [0.15, 0.2) is 28.8 Å². The van der Waals surface area contributed by atoms with Gasteiger partial charge in [0.2, 0.25) is 0 Å². The molecule has 0 spiro atoms. The van der Waals surface area contributed by atoms with Gasteiger partial charge in [0.05, 0.1) is 16.8 Å². The molecule has 0 bridgehead atoms. The van der Waals surface area contributed by atoms with Crippen molar-refractivity contribution in [2.24, 2.45) is 0 Å². The van der Waals surface area contributed by atoms with Crippen molar-refractivity contribution in [3.05, 3.63) is 204 Å². The van der Waals surface area contributed by atoms with E-state index < -0.39 is 5.41 Å². The molecule has 0 radical (unpaired) electrons. The fourth-order valence-electron chi connectivity index (χ4n) is 7.84. The molecule has 0 atom stereocenters. The molecule has 0 saturated heterocycles. The summed E-state index contributed by atoms with van der Waals surface area (Å²) in [5.74, 6) is 3.31. The molecule has 0 unspecified atom stereocenters. The highest BCUT2D eigenvalue weighted by Gasteiger charge is 2.48. The summed E-state index contributed by atoms with van der Waals surface area (Å²) in [5.41, 5.74) is 10.8. The van der Waals surface area contributed by atoms with Crippen LogP contribution < -0.4 is 9.47 Å². The van der Waals surface area contributed by atoms with Crippen LogP contribution in [0, 0.1) is 0 Å². The van der Waals surface area contributed by atoms with Gasteiger partial charge >= 0.3 is 0 Å². The fraction of sp³-hybridized carbons (Fsp3) is 0.0213. The zero-order valence-electron chi connectivity index (χ0n) is 27.5. The summed E-state index contributed by atoms with van der Waals surface area (Å²) in [7, 11) is 0. The van der Waals surface area contributed by atoms with Crippen LogP contribution in [-0.4, -0.2) is 9.97 Å². The van der Waals surface area contributed by atoms with Crippen LogP contribution in [0.2, 0.25) is 0 Å². The van der Waals surface area contributed by atoms with Crippen molar-refractivity contribution >= 4 is 0 Å². The number of hydrogen-bond donors (Lipinski definition) is 0. The SMILES string of the molecule is c1ccc(-c2cc(-c3cccc4c3Oc3ccc5c(c3O4)-c3ccccc3C5(c3ccccc3)c3ccccc3)nc(-c3ccccc3)n2)cc1. The molecule has 0 N–H and O–H groups in total. The fourth-order valence-corrected chi connectivity index (χ4v) is 7.84. The van der Waals surface area contributed by atoms with Gasteiger partial charge in [0.1, 0.15) is 0 Å². The van der Waals surface area contributed by atoms with Gasteiger partial charge in [-0.15, -0.1) is 0 Å². The summed E-state index contributed by atoms with van der Waals surface area (Å²) in [6.07, 6.45) is 0. The first-order chi connectivity index (χ1) is 25.3. The van der Waals surface area contributed by atoms with Gasteiger partial charge in [0, 0.05) is 22.3 Å². The predicted molar refractivity (Wildman–Crippen MR) is 202 cm³/mol. The van der Waals surface area contributed by atoms with Crippen LogP contribution in [0.5, 0.6) is 23.0 Å². The van der Waals surface area contributed by atoms with E-state index in [1.165, 1.54) is 22.3 Å². The highest BCUT2D eigenvalue weighted by Crippen LogP contribution is 2.62. The van der Waals surface area contributed by atoms with E-state index in [1.807, 2.05) is 72.8 Å². The number of hydrogen-bond acceptors (Lipinski definition) is 4. The summed E-state index contributed by atoms with van der Waals surface area (Å²) in [6.45, 7) is 0. The van der Waals surface area contributed by atoms with Crippen molar-refractivity contribution < 1.29 is 9.47 Å². The normalized spacial score (nSPS) is 13.2. The van der Waals surface area contributed by atoms with Crippen molar-refractivity contribution in [2.75, 3.05) is 0 Å². The largest absolute Gasteiger partial charge is 0.449 e. The third-order valence-corrected chi connectivity index (χ3v) is 10.0. The average Bonchev–Trinajstić information content (AvgIpc) is 3.52. The monoisotopic (exact) mass is 654 g/mol. The Morgan fingerprint density at radius 1 is 0.392 bits per heavy atom. The van der Waals surface area contributed by atoms with Gasteiger partial charge in [-0.2, -0.15) is 0 Å². The Morgan fingerprint density at radius 3 is 1.65 bits per heavy atom. The average molecular weight is 655 g/mol. The first-order valence-corrected chi connectivity index (χ1v) is 17.2. The standard InChI is InChI=1S/C47H30N2O2/c1-5-16-31(17-6-1)39-30-40(49-46(48-39)32-18-7-2-8-19-32)36-25-15-27-41-44(36)50-42-29-28-38-43(45(42)51-41)35-24-13-14-26-37(35)47(38,33-20-9-3-10-21-33)34-22-11-4-12-23-34/h1-30H. The molecular formula is C47H30N2O2. The number of nitrogens with zero attached hydrogens (tertiary/aromatic N) is 2. The van der Waals surface area contributed by atoms with E-state index in [9.17, 15) is 0 Å². The van der Waals surface area contributed by atoms with Crippen LogP contribution in [0.1, 0.15) is 22.3 Å². The van der Waals surface area contributed by atoms with E-state index in [0.29, 0.717) is 23.1 Å². The maximum Gasteiger partial charge on any atom is 0.179 e. The highest BCUT2D eigenvalue weighted by atomic mass is 16.6. The van der Waals surface area contributed by atoms with Gasteiger partial charge in [-0.3, -0.25) is 0 Å². The number of para-hydroxylation sites is 1. The Morgan fingerprint density at radius 2 is 0.941 bits per heavy atom. The highest BCUT2D eigenvalue weighted by molar-refractivity contribution is 5.92. The summed E-state index contributed by atoms with van der Waals surface area (Å²) in [4.78, 5) is 10.1. The second-order valence-corrected chi connectivity index (χ2v) is 12.9. The predicted octanol–water partition coefficient (Wildman–Crippen LogP) is 11.7. The van der Waals surface area contributed by atoms with E-state index in [-0.39, 0.29) is 0 Å². The van der Waals surface area contributed by atoms with Crippen LogP contribution in [-0.2, 0) is 5.41 Å². The molecule has 4 heteroatoms. The van der Waals surface area contributed by atoms with Crippen molar-refractivity contribution in [3.8, 4) is 68.0 Å². The Kier molecular flexibility index (Phi) is 6.68. The van der Waals surface area contributed by atoms with Crippen molar-refractivity contribution in [1.82, 2.24) is 9.97 Å². The number of ether oxygens (including phenoxy) is 2. The van der Waals surface area contributed by atoms with Gasteiger partial charge in [-0.1, -0.05) is 158 Å². The zero-order valence-corrected chi connectivity index (χ0v) is 27.5. The third kappa shape index (κ3) is 4.54. The lowest BCUT2D eigenvalue weighted by molar-refractivity contribution is 0.361. The van der Waals surface area contributed by atoms with E-state index >= 15 is 0 Å². The van der Waals surface area contributed by atoms with Crippen molar-refractivity contribution in [2.45, 2.75) is 5.41 Å². The van der Waals surface area contributed by atoms with E-state index in [1.54, 1.807) is 0 Å². The molecule has 2 aliphatic rings. The van der Waals surface area contributed by atoms with Gasteiger partial charge in [-0.05, 0) is 52.1 Å². The van der Waals surface area contributed by atoms with E-state index in [4.69, 9.17) is 19.4 Å². The summed E-state index contributed by atoms with van der Waals surface area (Å²) >= 11 is 0. The van der Waals surface area contributed by atoms with Gasteiger partial charge in [0.25, 0.3) is 0 Å². The number of benzene rings is 7. The van der Waals surface area contributed by atoms with Crippen molar-refractivity contribution in [1.29, 1.82) is 0 Å². The smallest absolute Gasteiger partial charge is 0.179 e. The van der Waals surface area contributed by atoms with Crippen LogP contribution in [0.15, 0.2) is 182 Å². The van der Waals surface area contributed by atoms with Gasteiger partial charge < -0.3 is 9.47 Å². The molecule has 1 aliphatic carbocycles. The Hall–Kier alpha value is -6.78. The summed E-state index contributed by atoms with van der Waals surface area (Å²) < 4.78 is 13.9. The molecule has 4 nitrogen and oxygen atoms in total. The lowest BCUT2D eigenvalue weighted by Gasteiger charge is -2.34. The minimum Gasteiger partial charge on any atom is -0.449 e. The van der Waals surface area contributed by atoms with Crippen molar-refractivity contribution in [3.63, 3.8) is 0 Å². The molecule has 1 aromatic heterocycles. The first kappa shape index (κ1) is 29.2. The molecule has 0 fully saturated rings. The molecule has 240 valence electrons. The first-order valence-electron chi connectivity index (χ1n) is 17.2. The molecule has 0 saturated carbocycles.